The third-order valence-corrected chi connectivity index (χ3v) is 6.24. The summed E-state index contributed by atoms with van der Waals surface area (Å²) in [5.41, 5.74) is 2.61. The maximum atomic E-state index is 13.0. The largest absolute Gasteiger partial charge is 0.497 e. The van der Waals surface area contributed by atoms with E-state index in [1.54, 1.807) is 32.4 Å². The molecule has 8 nitrogen and oxygen atoms in total. The topological polar surface area (TPSA) is 78.7 Å². The van der Waals surface area contributed by atoms with Crippen molar-refractivity contribution in [3.63, 3.8) is 0 Å². The number of anilines is 1. The highest BCUT2D eigenvalue weighted by Crippen LogP contribution is 2.31. The van der Waals surface area contributed by atoms with Crippen LogP contribution in [0.5, 0.6) is 11.5 Å². The van der Waals surface area contributed by atoms with Crippen LogP contribution in [0.4, 0.5) is 5.95 Å². The number of hydrogen-bond acceptors (Lipinski definition) is 8. The molecule has 1 aliphatic rings. The zero-order valence-corrected chi connectivity index (χ0v) is 19.2. The molecule has 1 aliphatic heterocycles. The Morgan fingerprint density at radius 3 is 2.59 bits per heavy atom. The number of benzene rings is 2. The maximum absolute atomic E-state index is 13.0. The molecular weight excluding hydrogens is 428 g/mol. The van der Waals surface area contributed by atoms with Crippen molar-refractivity contribution in [2.75, 3.05) is 51.2 Å². The van der Waals surface area contributed by atoms with Gasteiger partial charge in [-0.1, -0.05) is 30.0 Å². The number of aryl methyl sites for hydroxylation is 1. The second-order valence-corrected chi connectivity index (χ2v) is 8.22. The van der Waals surface area contributed by atoms with E-state index in [0.29, 0.717) is 35.4 Å². The Balaban J connectivity index is 1.62. The lowest BCUT2D eigenvalue weighted by molar-refractivity contribution is 0.101. The zero-order valence-electron chi connectivity index (χ0n) is 18.4. The van der Waals surface area contributed by atoms with E-state index in [1.165, 1.54) is 11.8 Å². The molecule has 0 spiro atoms. The van der Waals surface area contributed by atoms with E-state index >= 15 is 0 Å². The highest BCUT2D eigenvalue weighted by atomic mass is 32.2. The van der Waals surface area contributed by atoms with Gasteiger partial charge in [0.05, 0.1) is 44.4 Å². The van der Waals surface area contributed by atoms with Crippen molar-refractivity contribution in [3.8, 4) is 17.2 Å². The predicted octanol–water partition coefficient (Wildman–Crippen LogP) is 3.40. The van der Waals surface area contributed by atoms with E-state index in [1.807, 2.05) is 22.8 Å². The molecule has 0 atom stereocenters. The third kappa shape index (κ3) is 4.58. The van der Waals surface area contributed by atoms with Crippen LogP contribution in [0.15, 0.2) is 47.6 Å². The number of aromatic nitrogens is 3. The molecule has 0 bridgehead atoms. The predicted molar refractivity (Wildman–Crippen MR) is 124 cm³/mol. The van der Waals surface area contributed by atoms with E-state index in [0.717, 1.165) is 30.3 Å². The highest BCUT2D eigenvalue weighted by molar-refractivity contribution is 7.99. The summed E-state index contributed by atoms with van der Waals surface area (Å²) in [7, 11) is 3.12. The molecule has 168 valence electrons. The van der Waals surface area contributed by atoms with Crippen LogP contribution in [0.3, 0.4) is 0 Å². The van der Waals surface area contributed by atoms with Crippen LogP contribution >= 0.6 is 11.8 Å². The smallest absolute Gasteiger partial charge is 0.232 e. The van der Waals surface area contributed by atoms with Crippen molar-refractivity contribution < 1.29 is 19.0 Å². The van der Waals surface area contributed by atoms with Gasteiger partial charge in [-0.25, -0.2) is 0 Å². The number of hydrogen-bond donors (Lipinski definition) is 0. The number of ketones is 1. The van der Waals surface area contributed by atoms with Crippen molar-refractivity contribution in [2.24, 2.45) is 0 Å². The summed E-state index contributed by atoms with van der Waals surface area (Å²) in [5.74, 6) is 2.04. The molecule has 0 radical (unpaired) electrons. The summed E-state index contributed by atoms with van der Waals surface area (Å²) in [4.78, 5) is 15.2. The van der Waals surface area contributed by atoms with Gasteiger partial charge in [-0.15, -0.1) is 10.2 Å². The van der Waals surface area contributed by atoms with E-state index in [9.17, 15) is 4.79 Å². The summed E-state index contributed by atoms with van der Waals surface area (Å²) in [6, 6.07) is 13.3. The monoisotopic (exact) mass is 454 g/mol. The molecule has 0 saturated carbocycles. The Kier molecular flexibility index (Phi) is 6.96. The van der Waals surface area contributed by atoms with Crippen LogP contribution in [0.1, 0.15) is 15.9 Å². The summed E-state index contributed by atoms with van der Waals surface area (Å²) in [6.07, 6.45) is 0. The Labute approximate surface area is 191 Å². The van der Waals surface area contributed by atoms with Gasteiger partial charge in [-0.2, -0.15) is 0 Å². The second kappa shape index (κ2) is 10.1. The van der Waals surface area contributed by atoms with E-state index < -0.39 is 0 Å². The number of thioether (sulfide) groups is 1. The molecule has 0 amide bonds. The fourth-order valence-corrected chi connectivity index (χ4v) is 4.41. The fourth-order valence-electron chi connectivity index (χ4n) is 3.59. The quantitative estimate of drug-likeness (QED) is 0.379. The number of carbonyl (C=O) groups is 1. The van der Waals surface area contributed by atoms with E-state index in [2.05, 4.69) is 28.1 Å². The van der Waals surface area contributed by atoms with Crippen molar-refractivity contribution in [2.45, 2.75) is 12.1 Å². The molecule has 0 N–H and O–H groups in total. The number of Topliss-reactive ketones (excluding diaryl/α,β-unsaturated/α-hetero) is 1. The lowest BCUT2D eigenvalue weighted by Gasteiger charge is -2.28. The normalized spacial score (nSPS) is 13.8. The van der Waals surface area contributed by atoms with Gasteiger partial charge in [-0.3, -0.25) is 9.36 Å². The van der Waals surface area contributed by atoms with Crippen molar-refractivity contribution >= 4 is 23.5 Å². The fraction of sp³-hybridized carbons (Fsp3) is 0.348. The molecular formula is C23H26N4O4S. The van der Waals surface area contributed by atoms with Gasteiger partial charge < -0.3 is 19.1 Å². The van der Waals surface area contributed by atoms with Gasteiger partial charge in [0.15, 0.2) is 10.9 Å². The Hall–Kier alpha value is -3.04. The third-order valence-electron chi connectivity index (χ3n) is 5.31. The summed E-state index contributed by atoms with van der Waals surface area (Å²) in [6.45, 7) is 4.85. The number of morpholine rings is 1. The van der Waals surface area contributed by atoms with Crippen LogP contribution < -0.4 is 14.4 Å². The van der Waals surface area contributed by atoms with E-state index in [4.69, 9.17) is 14.2 Å². The first-order valence-corrected chi connectivity index (χ1v) is 11.3. The minimum absolute atomic E-state index is 0.0539. The maximum Gasteiger partial charge on any atom is 0.232 e. The van der Waals surface area contributed by atoms with Crippen LogP contribution in [-0.2, 0) is 4.74 Å². The van der Waals surface area contributed by atoms with Gasteiger partial charge in [0.1, 0.15) is 11.5 Å². The lowest BCUT2D eigenvalue weighted by Crippen LogP contribution is -2.38. The second-order valence-electron chi connectivity index (χ2n) is 7.28. The van der Waals surface area contributed by atoms with Gasteiger partial charge in [0, 0.05) is 19.2 Å². The number of nitrogens with zero attached hydrogens (tertiary/aromatic N) is 4. The van der Waals surface area contributed by atoms with Gasteiger partial charge in [0.25, 0.3) is 0 Å². The Bertz CT molecular complexity index is 1100. The van der Waals surface area contributed by atoms with Gasteiger partial charge in [-0.05, 0) is 30.7 Å². The number of methoxy groups -OCH3 is 2. The zero-order chi connectivity index (χ0) is 22.5. The number of rotatable bonds is 8. The molecule has 1 saturated heterocycles. The number of carbonyl (C=O) groups excluding carboxylic acids is 1. The standard InChI is InChI=1S/C23H26N4O4S/c1-16-6-4-5-7-19(16)27-22(26-10-12-31-13-11-26)24-25-23(27)32-15-20(28)18-9-8-17(29-2)14-21(18)30-3/h4-9,14H,10-13,15H2,1-3H3. The average Bonchev–Trinajstić information content (AvgIpc) is 3.26. The average molecular weight is 455 g/mol. The highest BCUT2D eigenvalue weighted by Gasteiger charge is 2.23. The first-order chi connectivity index (χ1) is 15.6. The molecule has 0 unspecified atom stereocenters. The molecule has 2 heterocycles. The minimum atomic E-state index is -0.0539. The first-order valence-electron chi connectivity index (χ1n) is 10.3. The van der Waals surface area contributed by atoms with Gasteiger partial charge >= 0.3 is 0 Å². The van der Waals surface area contributed by atoms with Crippen LogP contribution in [0.2, 0.25) is 0 Å². The molecule has 2 aromatic carbocycles. The Morgan fingerprint density at radius 1 is 1.09 bits per heavy atom. The first kappa shape index (κ1) is 22.2. The molecule has 4 rings (SSSR count). The summed E-state index contributed by atoms with van der Waals surface area (Å²) < 4.78 is 18.1. The summed E-state index contributed by atoms with van der Waals surface area (Å²) in [5, 5.41) is 9.58. The molecule has 0 aliphatic carbocycles. The Morgan fingerprint density at radius 2 is 1.88 bits per heavy atom. The van der Waals surface area contributed by atoms with Gasteiger partial charge in [0.2, 0.25) is 5.95 Å². The van der Waals surface area contributed by atoms with E-state index in [-0.39, 0.29) is 11.5 Å². The molecule has 9 heteroatoms. The molecule has 32 heavy (non-hydrogen) atoms. The lowest BCUT2D eigenvalue weighted by atomic mass is 10.1. The number of para-hydroxylation sites is 1. The summed E-state index contributed by atoms with van der Waals surface area (Å²) >= 11 is 1.36. The molecule has 1 aromatic heterocycles. The molecule has 3 aromatic rings. The number of ether oxygens (including phenoxy) is 3. The van der Waals surface area contributed by atoms with Crippen molar-refractivity contribution in [3.05, 3.63) is 53.6 Å². The molecule has 1 fully saturated rings. The van der Waals surface area contributed by atoms with Crippen LogP contribution in [0, 0.1) is 6.92 Å². The van der Waals surface area contributed by atoms with Crippen LogP contribution in [-0.4, -0.2) is 66.8 Å². The SMILES string of the molecule is COc1ccc(C(=O)CSc2nnc(N3CCOCC3)n2-c2ccccc2C)c(OC)c1. The van der Waals surface area contributed by atoms with Crippen molar-refractivity contribution in [1.82, 2.24) is 14.8 Å². The van der Waals surface area contributed by atoms with Crippen LogP contribution in [0.25, 0.3) is 5.69 Å². The van der Waals surface area contributed by atoms with Crippen molar-refractivity contribution in [1.29, 1.82) is 0 Å². The minimum Gasteiger partial charge on any atom is -0.497 e.